The van der Waals surface area contributed by atoms with Gasteiger partial charge in [0.25, 0.3) is 15.9 Å². The van der Waals surface area contributed by atoms with Crippen molar-refractivity contribution < 1.29 is 13.2 Å². The van der Waals surface area contributed by atoms with Crippen LogP contribution in [0.25, 0.3) is 0 Å². The molecule has 9 heteroatoms. The zero-order chi connectivity index (χ0) is 26.4. The van der Waals surface area contributed by atoms with Crippen molar-refractivity contribution in [1.29, 1.82) is 0 Å². The summed E-state index contributed by atoms with van der Waals surface area (Å²) < 4.78 is 28.6. The lowest BCUT2D eigenvalue weighted by Gasteiger charge is -2.26. The Morgan fingerprint density at radius 3 is 2.30 bits per heavy atom. The maximum Gasteiger partial charge on any atom is 0.271 e. The van der Waals surface area contributed by atoms with Crippen LogP contribution in [0, 0.1) is 6.92 Å². The molecule has 6 nitrogen and oxygen atoms in total. The number of hydrogen-bond acceptors (Lipinski definition) is 4. The number of hydrogen-bond donors (Lipinski definition) is 1. The highest BCUT2D eigenvalue weighted by Crippen LogP contribution is 2.31. The molecule has 0 aliphatic carbocycles. The number of carbonyl (C=O) groups excluding carboxylic acids is 1. The maximum atomic E-state index is 13.6. The number of carbonyl (C=O) groups is 1. The Hall–Kier alpha value is -3.65. The van der Waals surface area contributed by atoms with Crippen LogP contribution < -0.4 is 9.73 Å². The van der Waals surface area contributed by atoms with Crippen molar-refractivity contribution in [3.8, 4) is 0 Å². The molecule has 0 aliphatic heterocycles. The van der Waals surface area contributed by atoms with E-state index in [2.05, 4.69) is 10.5 Å². The number of halogens is 2. The van der Waals surface area contributed by atoms with Gasteiger partial charge in [-0.2, -0.15) is 5.10 Å². The summed E-state index contributed by atoms with van der Waals surface area (Å²) in [5, 5.41) is 4.97. The van der Waals surface area contributed by atoms with E-state index >= 15 is 0 Å². The molecule has 0 fully saturated rings. The highest BCUT2D eigenvalue weighted by Gasteiger charge is 2.26. The molecule has 4 aromatic carbocycles. The average molecular weight is 552 g/mol. The van der Waals surface area contributed by atoms with Gasteiger partial charge in [-0.05, 0) is 72.1 Å². The summed E-state index contributed by atoms with van der Waals surface area (Å²) in [6.45, 7) is 1.88. The van der Waals surface area contributed by atoms with Gasteiger partial charge in [0.15, 0.2) is 0 Å². The Kier molecular flexibility index (Phi) is 8.28. The first-order chi connectivity index (χ1) is 17.7. The number of rotatable bonds is 8. The molecule has 1 N–H and O–H groups in total. The number of nitrogens with one attached hydrogen (secondary N) is 1. The number of benzene rings is 4. The Labute approximate surface area is 226 Å². The molecular weight excluding hydrogens is 529 g/mol. The van der Waals surface area contributed by atoms with E-state index < -0.39 is 15.9 Å². The Balaban J connectivity index is 1.56. The molecule has 188 valence electrons. The summed E-state index contributed by atoms with van der Waals surface area (Å²) in [6.07, 6.45) is 1.50. The van der Waals surface area contributed by atoms with Gasteiger partial charge in [0.05, 0.1) is 23.3 Å². The predicted octanol–water partition coefficient (Wildman–Crippen LogP) is 6.46. The first-order valence-corrected chi connectivity index (χ1v) is 13.5. The van der Waals surface area contributed by atoms with Gasteiger partial charge in [-0.15, -0.1) is 0 Å². The number of amides is 1. The van der Waals surface area contributed by atoms with E-state index in [1.54, 1.807) is 91.0 Å². The van der Waals surface area contributed by atoms with E-state index in [9.17, 15) is 13.2 Å². The lowest BCUT2D eigenvalue weighted by atomic mass is 10.1. The van der Waals surface area contributed by atoms with Crippen molar-refractivity contribution in [3.05, 3.63) is 129 Å². The summed E-state index contributed by atoms with van der Waals surface area (Å²) in [5.41, 5.74) is 5.54. The molecule has 0 radical (unpaired) electrons. The molecule has 0 aliphatic rings. The van der Waals surface area contributed by atoms with E-state index in [4.69, 9.17) is 23.2 Å². The monoisotopic (exact) mass is 551 g/mol. The maximum absolute atomic E-state index is 13.6. The normalized spacial score (nSPS) is 11.4. The van der Waals surface area contributed by atoms with Gasteiger partial charge in [-0.1, -0.05) is 71.7 Å². The molecule has 0 saturated carbocycles. The van der Waals surface area contributed by atoms with Crippen molar-refractivity contribution in [1.82, 2.24) is 5.43 Å². The topological polar surface area (TPSA) is 78.8 Å². The number of hydrazone groups is 1. The quantitative estimate of drug-likeness (QED) is 0.201. The van der Waals surface area contributed by atoms with Gasteiger partial charge < -0.3 is 0 Å². The Morgan fingerprint density at radius 1 is 0.892 bits per heavy atom. The van der Waals surface area contributed by atoms with Crippen LogP contribution in [0.5, 0.6) is 0 Å². The fourth-order valence-electron chi connectivity index (χ4n) is 3.61. The van der Waals surface area contributed by atoms with Gasteiger partial charge >= 0.3 is 0 Å². The average Bonchev–Trinajstić information content (AvgIpc) is 2.89. The summed E-state index contributed by atoms with van der Waals surface area (Å²) in [5.74, 6) is -0.399. The highest BCUT2D eigenvalue weighted by atomic mass is 35.5. The molecule has 0 heterocycles. The number of sulfonamides is 1. The van der Waals surface area contributed by atoms with Crippen molar-refractivity contribution in [2.75, 3.05) is 4.31 Å². The standard InChI is InChI=1S/C28H23Cl2N3O3S/c1-20-10-15-25(30)17-27(20)33(37(35,36)26-8-3-2-4-9-26)19-21-11-13-23(14-12-21)28(34)32-31-18-22-6-5-7-24(29)16-22/h2-18H,19H2,1H3,(H,32,34)/b31-18-. The van der Waals surface area contributed by atoms with Crippen LogP contribution in [-0.2, 0) is 16.6 Å². The van der Waals surface area contributed by atoms with Crippen molar-refractivity contribution in [2.45, 2.75) is 18.4 Å². The zero-order valence-corrected chi connectivity index (χ0v) is 22.1. The molecular formula is C28H23Cl2N3O3S. The summed E-state index contributed by atoms with van der Waals surface area (Å²) >= 11 is 12.2. The van der Waals surface area contributed by atoms with E-state index in [1.807, 2.05) is 13.0 Å². The fourth-order valence-corrected chi connectivity index (χ4v) is 5.51. The van der Waals surface area contributed by atoms with Crippen LogP contribution in [0.15, 0.2) is 107 Å². The molecule has 37 heavy (non-hydrogen) atoms. The third-order valence-electron chi connectivity index (χ3n) is 5.54. The lowest BCUT2D eigenvalue weighted by molar-refractivity contribution is 0.0955. The molecule has 1 amide bonds. The lowest BCUT2D eigenvalue weighted by Crippen LogP contribution is -2.31. The highest BCUT2D eigenvalue weighted by molar-refractivity contribution is 7.92. The van der Waals surface area contributed by atoms with Crippen LogP contribution in [0.4, 0.5) is 5.69 Å². The second-order valence-electron chi connectivity index (χ2n) is 8.21. The van der Waals surface area contributed by atoms with Gasteiger partial charge in [-0.3, -0.25) is 9.10 Å². The smallest absolute Gasteiger partial charge is 0.267 e. The summed E-state index contributed by atoms with van der Waals surface area (Å²) in [4.78, 5) is 12.7. The third-order valence-corrected chi connectivity index (χ3v) is 7.79. The number of anilines is 1. The van der Waals surface area contributed by atoms with Gasteiger partial charge in [0, 0.05) is 15.6 Å². The minimum Gasteiger partial charge on any atom is -0.267 e. The SMILES string of the molecule is Cc1ccc(Cl)cc1N(Cc1ccc(C(=O)N/N=C\c2cccc(Cl)c2)cc1)S(=O)(=O)c1ccccc1. The number of aryl methyl sites for hydroxylation is 1. The van der Waals surface area contributed by atoms with E-state index in [0.29, 0.717) is 26.9 Å². The van der Waals surface area contributed by atoms with Crippen molar-refractivity contribution >= 4 is 51.0 Å². The number of nitrogens with zero attached hydrogens (tertiary/aromatic N) is 2. The molecule has 4 aromatic rings. The van der Waals surface area contributed by atoms with Gasteiger partial charge in [0.2, 0.25) is 0 Å². The Bertz CT molecular complexity index is 1540. The van der Waals surface area contributed by atoms with Crippen molar-refractivity contribution in [3.63, 3.8) is 0 Å². The van der Waals surface area contributed by atoms with Crippen LogP contribution in [-0.4, -0.2) is 20.5 Å². The second kappa shape index (κ2) is 11.6. The molecule has 0 unspecified atom stereocenters. The zero-order valence-electron chi connectivity index (χ0n) is 19.8. The fraction of sp³-hybridized carbons (Fsp3) is 0.0714. The van der Waals surface area contributed by atoms with Crippen LogP contribution in [0.1, 0.15) is 27.0 Å². The molecule has 0 bridgehead atoms. The molecule has 0 saturated heterocycles. The molecule has 0 atom stereocenters. The molecule has 0 aromatic heterocycles. The third kappa shape index (κ3) is 6.57. The van der Waals surface area contributed by atoms with Crippen LogP contribution in [0.2, 0.25) is 10.0 Å². The van der Waals surface area contributed by atoms with Crippen LogP contribution in [0.3, 0.4) is 0 Å². The first kappa shape index (κ1) is 26.4. The Morgan fingerprint density at radius 2 is 1.59 bits per heavy atom. The van der Waals surface area contributed by atoms with E-state index in [0.717, 1.165) is 11.1 Å². The van der Waals surface area contributed by atoms with Gasteiger partial charge in [-0.25, -0.2) is 13.8 Å². The van der Waals surface area contributed by atoms with E-state index in [-0.39, 0.29) is 11.4 Å². The first-order valence-electron chi connectivity index (χ1n) is 11.3. The largest absolute Gasteiger partial charge is 0.271 e. The minimum atomic E-state index is -3.89. The summed E-state index contributed by atoms with van der Waals surface area (Å²) in [7, 11) is -3.89. The van der Waals surface area contributed by atoms with Crippen molar-refractivity contribution in [2.24, 2.45) is 5.10 Å². The van der Waals surface area contributed by atoms with E-state index in [1.165, 1.54) is 10.5 Å². The molecule has 0 spiro atoms. The molecule has 4 rings (SSSR count). The minimum absolute atomic E-state index is 0.0488. The summed E-state index contributed by atoms with van der Waals surface area (Å²) in [6, 6.07) is 27.1. The van der Waals surface area contributed by atoms with Gasteiger partial charge in [0.1, 0.15) is 0 Å². The second-order valence-corrected chi connectivity index (χ2v) is 10.9. The van der Waals surface area contributed by atoms with Crippen LogP contribution >= 0.6 is 23.2 Å². The predicted molar refractivity (Wildman–Crippen MR) is 149 cm³/mol.